The van der Waals surface area contributed by atoms with Crippen molar-refractivity contribution in [1.82, 2.24) is 14.9 Å². The number of hydrogen-bond acceptors (Lipinski definition) is 5. The monoisotopic (exact) mass is 352 g/mol. The summed E-state index contributed by atoms with van der Waals surface area (Å²) >= 11 is 0. The number of pyridine rings is 2. The Kier molecular flexibility index (Phi) is 4.59. The Balaban J connectivity index is 1.49. The Morgan fingerprint density at radius 3 is 2.92 bits per heavy atom. The van der Waals surface area contributed by atoms with E-state index in [4.69, 9.17) is 4.74 Å². The molecule has 6 nitrogen and oxygen atoms in total. The average Bonchev–Trinajstić information content (AvgIpc) is 2.99. The van der Waals surface area contributed by atoms with Crippen LogP contribution in [0.1, 0.15) is 42.4 Å². The van der Waals surface area contributed by atoms with Gasteiger partial charge in [0.05, 0.1) is 12.3 Å². The Bertz CT molecular complexity index is 837. The molecule has 0 radical (unpaired) electrons. The topological polar surface area (TPSA) is 67.4 Å². The van der Waals surface area contributed by atoms with Crippen LogP contribution in [0.25, 0.3) is 0 Å². The SMILES string of the molecule is CC(=O)Nc1ccc2c(n1)CCN([C@H](C)c1cnc3c(c1)OCC3)CC2. The summed E-state index contributed by atoms with van der Waals surface area (Å²) in [6.07, 6.45) is 4.73. The van der Waals surface area contributed by atoms with Gasteiger partial charge >= 0.3 is 0 Å². The quantitative estimate of drug-likeness (QED) is 0.919. The number of carbonyl (C=O) groups is 1. The van der Waals surface area contributed by atoms with E-state index < -0.39 is 0 Å². The highest BCUT2D eigenvalue weighted by Crippen LogP contribution is 2.30. The van der Waals surface area contributed by atoms with E-state index >= 15 is 0 Å². The number of nitrogens with zero attached hydrogens (tertiary/aromatic N) is 3. The number of ether oxygens (including phenoxy) is 1. The number of hydrogen-bond donors (Lipinski definition) is 1. The molecular weight excluding hydrogens is 328 g/mol. The zero-order chi connectivity index (χ0) is 18.1. The summed E-state index contributed by atoms with van der Waals surface area (Å²) in [5.41, 5.74) is 4.62. The molecule has 0 aliphatic carbocycles. The predicted octanol–water partition coefficient (Wildman–Crippen LogP) is 2.53. The van der Waals surface area contributed by atoms with Crippen molar-refractivity contribution in [2.75, 3.05) is 25.0 Å². The lowest BCUT2D eigenvalue weighted by atomic mass is 10.1. The third-order valence-electron chi connectivity index (χ3n) is 5.25. The van der Waals surface area contributed by atoms with Crippen molar-refractivity contribution in [3.05, 3.63) is 46.9 Å². The van der Waals surface area contributed by atoms with Gasteiger partial charge in [-0.3, -0.25) is 14.7 Å². The van der Waals surface area contributed by atoms with E-state index in [1.807, 2.05) is 12.3 Å². The molecule has 0 bridgehead atoms. The highest BCUT2D eigenvalue weighted by Gasteiger charge is 2.23. The van der Waals surface area contributed by atoms with Crippen molar-refractivity contribution in [2.45, 2.75) is 39.2 Å². The minimum atomic E-state index is -0.0901. The van der Waals surface area contributed by atoms with Gasteiger partial charge in [0, 0.05) is 50.8 Å². The van der Waals surface area contributed by atoms with E-state index in [1.165, 1.54) is 18.1 Å². The fourth-order valence-corrected chi connectivity index (χ4v) is 3.73. The van der Waals surface area contributed by atoms with E-state index in [0.717, 1.165) is 56.1 Å². The molecule has 4 heterocycles. The Morgan fingerprint density at radius 1 is 1.23 bits per heavy atom. The molecule has 4 rings (SSSR count). The molecule has 0 saturated heterocycles. The van der Waals surface area contributed by atoms with E-state index in [1.54, 1.807) is 0 Å². The van der Waals surface area contributed by atoms with E-state index in [-0.39, 0.29) is 11.9 Å². The molecule has 0 saturated carbocycles. The molecule has 0 spiro atoms. The molecule has 1 N–H and O–H groups in total. The largest absolute Gasteiger partial charge is 0.491 e. The van der Waals surface area contributed by atoms with Gasteiger partial charge in [0.15, 0.2) is 0 Å². The van der Waals surface area contributed by atoms with Gasteiger partial charge in [-0.1, -0.05) is 6.07 Å². The smallest absolute Gasteiger partial charge is 0.222 e. The first-order chi connectivity index (χ1) is 12.6. The lowest BCUT2D eigenvalue weighted by molar-refractivity contribution is -0.114. The Labute approximate surface area is 153 Å². The summed E-state index contributed by atoms with van der Waals surface area (Å²) in [7, 11) is 0. The maximum atomic E-state index is 11.3. The summed E-state index contributed by atoms with van der Waals surface area (Å²) in [6.45, 7) is 6.38. The molecule has 2 aliphatic rings. The van der Waals surface area contributed by atoms with Crippen molar-refractivity contribution in [3.63, 3.8) is 0 Å². The molecular formula is C20H24N4O2. The number of amides is 1. The molecule has 0 aromatic carbocycles. The molecule has 0 fully saturated rings. The van der Waals surface area contributed by atoms with Gasteiger partial charge in [-0.05, 0) is 36.6 Å². The first kappa shape index (κ1) is 17.0. The standard InChI is InChI=1S/C20H24N4O2/c1-13(16-11-19-18(21-12-16)7-10-26-19)24-8-5-15-3-4-20(22-14(2)25)23-17(15)6-9-24/h3-4,11-13H,5-10H2,1-2H3,(H,22,23,25)/t13-/m1/s1. The first-order valence-electron chi connectivity index (χ1n) is 9.22. The number of rotatable bonds is 3. The molecule has 26 heavy (non-hydrogen) atoms. The summed E-state index contributed by atoms with van der Waals surface area (Å²) in [6, 6.07) is 6.40. The van der Waals surface area contributed by atoms with Crippen molar-refractivity contribution in [1.29, 1.82) is 0 Å². The lowest BCUT2D eigenvalue weighted by Crippen LogP contribution is -2.29. The second-order valence-corrected chi connectivity index (χ2v) is 7.01. The predicted molar refractivity (Wildman–Crippen MR) is 99.4 cm³/mol. The normalized spacial score (nSPS) is 17.6. The minimum Gasteiger partial charge on any atom is -0.491 e. The molecule has 2 aromatic heterocycles. The van der Waals surface area contributed by atoms with Crippen LogP contribution in [0.4, 0.5) is 5.82 Å². The van der Waals surface area contributed by atoms with Crippen LogP contribution in [0.2, 0.25) is 0 Å². The second-order valence-electron chi connectivity index (χ2n) is 7.01. The number of anilines is 1. The maximum Gasteiger partial charge on any atom is 0.222 e. The molecule has 6 heteroatoms. The summed E-state index contributed by atoms with van der Waals surface area (Å²) < 4.78 is 5.67. The van der Waals surface area contributed by atoms with E-state index in [0.29, 0.717) is 5.82 Å². The van der Waals surface area contributed by atoms with Crippen LogP contribution in [-0.2, 0) is 24.1 Å². The highest BCUT2D eigenvalue weighted by atomic mass is 16.5. The molecule has 2 aliphatic heterocycles. The van der Waals surface area contributed by atoms with Crippen molar-refractivity contribution >= 4 is 11.7 Å². The van der Waals surface area contributed by atoms with Crippen LogP contribution in [0.15, 0.2) is 24.4 Å². The van der Waals surface area contributed by atoms with Gasteiger partial charge in [0.2, 0.25) is 5.91 Å². The van der Waals surface area contributed by atoms with Gasteiger partial charge in [0.25, 0.3) is 0 Å². The van der Waals surface area contributed by atoms with Crippen molar-refractivity contribution < 1.29 is 9.53 Å². The van der Waals surface area contributed by atoms with Crippen LogP contribution in [0.5, 0.6) is 5.75 Å². The molecule has 0 unspecified atom stereocenters. The van der Waals surface area contributed by atoms with Gasteiger partial charge in [-0.25, -0.2) is 4.98 Å². The minimum absolute atomic E-state index is 0.0901. The Morgan fingerprint density at radius 2 is 2.08 bits per heavy atom. The van der Waals surface area contributed by atoms with Crippen molar-refractivity contribution in [3.8, 4) is 5.75 Å². The highest BCUT2D eigenvalue weighted by molar-refractivity contribution is 5.87. The van der Waals surface area contributed by atoms with Gasteiger partial charge in [-0.15, -0.1) is 0 Å². The molecule has 136 valence electrons. The van der Waals surface area contributed by atoms with Crippen LogP contribution in [0, 0.1) is 0 Å². The van der Waals surface area contributed by atoms with Crippen LogP contribution < -0.4 is 10.1 Å². The fourth-order valence-electron chi connectivity index (χ4n) is 3.73. The zero-order valence-corrected chi connectivity index (χ0v) is 15.3. The third-order valence-corrected chi connectivity index (χ3v) is 5.25. The van der Waals surface area contributed by atoms with Gasteiger partial charge in [-0.2, -0.15) is 0 Å². The van der Waals surface area contributed by atoms with E-state index in [2.05, 4.69) is 39.2 Å². The molecule has 2 aromatic rings. The number of carbonyl (C=O) groups excluding carboxylic acids is 1. The lowest BCUT2D eigenvalue weighted by Gasteiger charge is -2.27. The van der Waals surface area contributed by atoms with Crippen LogP contribution >= 0.6 is 0 Å². The molecule has 1 amide bonds. The molecule has 1 atom stereocenters. The van der Waals surface area contributed by atoms with Crippen molar-refractivity contribution in [2.24, 2.45) is 0 Å². The van der Waals surface area contributed by atoms with Gasteiger partial charge < -0.3 is 10.1 Å². The van der Waals surface area contributed by atoms with Gasteiger partial charge in [0.1, 0.15) is 11.6 Å². The number of nitrogens with one attached hydrogen (secondary N) is 1. The van der Waals surface area contributed by atoms with Crippen LogP contribution in [0.3, 0.4) is 0 Å². The summed E-state index contributed by atoms with van der Waals surface area (Å²) in [5.74, 6) is 1.49. The Hall–Kier alpha value is -2.47. The zero-order valence-electron chi connectivity index (χ0n) is 15.3. The summed E-state index contributed by atoms with van der Waals surface area (Å²) in [5, 5.41) is 2.77. The average molecular weight is 352 g/mol. The van der Waals surface area contributed by atoms with Crippen LogP contribution in [-0.4, -0.2) is 40.5 Å². The van der Waals surface area contributed by atoms with E-state index in [9.17, 15) is 4.79 Å². The third kappa shape index (κ3) is 3.42. The fraction of sp³-hybridized carbons (Fsp3) is 0.450. The summed E-state index contributed by atoms with van der Waals surface area (Å²) in [4.78, 5) is 22.9. The number of aromatic nitrogens is 2. The number of fused-ring (bicyclic) bond motifs is 2. The second kappa shape index (κ2) is 7.03. The maximum absolute atomic E-state index is 11.3. The first-order valence-corrected chi connectivity index (χ1v) is 9.22.